The molecule has 0 aliphatic heterocycles. The van der Waals surface area contributed by atoms with E-state index in [1.165, 1.54) is 4.88 Å². The van der Waals surface area contributed by atoms with Crippen LogP contribution in [0.2, 0.25) is 0 Å². The Kier molecular flexibility index (Phi) is 4.57. The van der Waals surface area contributed by atoms with Gasteiger partial charge >= 0.3 is 0 Å². The van der Waals surface area contributed by atoms with Crippen LogP contribution in [0.25, 0.3) is 0 Å². The number of hydrogen-bond acceptors (Lipinski definition) is 5. The lowest BCUT2D eigenvalue weighted by molar-refractivity contribution is 0.313. The zero-order chi connectivity index (χ0) is 14.5. The van der Waals surface area contributed by atoms with Crippen LogP contribution in [0.3, 0.4) is 0 Å². The Hall–Kier alpha value is -2.08. The molecular formula is C14H17N3O2S. The second-order valence-electron chi connectivity index (χ2n) is 4.40. The normalized spacial score (nSPS) is 11.6. The van der Waals surface area contributed by atoms with Crippen LogP contribution in [0.1, 0.15) is 21.7 Å². The van der Waals surface area contributed by atoms with Gasteiger partial charge in [0.05, 0.1) is 23.4 Å². The molecule has 2 rings (SSSR count). The molecule has 0 atom stereocenters. The number of para-hydroxylation sites is 1. The Bertz CT molecular complexity index is 623. The van der Waals surface area contributed by atoms with Crippen molar-refractivity contribution >= 4 is 17.2 Å². The molecule has 0 bridgehead atoms. The van der Waals surface area contributed by atoms with Gasteiger partial charge in [0.1, 0.15) is 5.75 Å². The van der Waals surface area contributed by atoms with Gasteiger partial charge in [-0.15, -0.1) is 11.3 Å². The highest BCUT2D eigenvalue weighted by atomic mass is 32.1. The molecule has 1 aromatic carbocycles. The number of thiazole rings is 1. The highest BCUT2D eigenvalue weighted by Gasteiger charge is 2.11. The molecule has 5 nitrogen and oxygen atoms in total. The van der Waals surface area contributed by atoms with Crippen molar-refractivity contribution in [2.75, 3.05) is 6.61 Å². The first-order valence-electron chi connectivity index (χ1n) is 6.22. The Morgan fingerprint density at radius 1 is 1.45 bits per heavy atom. The zero-order valence-corrected chi connectivity index (χ0v) is 12.3. The summed E-state index contributed by atoms with van der Waals surface area (Å²) in [5.41, 5.74) is 10.1. The molecular weight excluding hydrogens is 274 g/mol. The van der Waals surface area contributed by atoms with Gasteiger partial charge < -0.3 is 15.7 Å². The maximum absolute atomic E-state index is 8.82. The highest BCUT2D eigenvalue weighted by molar-refractivity contribution is 7.09. The first-order valence-corrected chi connectivity index (χ1v) is 7.10. The predicted molar refractivity (Wildman–Crippen MR) is 79.7 cm³/mol. The number of benzene rings is 1. The smallest absolute Gasteiger partial charge is 0.173 e. The van der Waals surface area contributed by atoms with Gasteiger partial charge in [0.25, 0.3) is 0 Å². The number of nitrogens with two attached hydrogens (primary N) is 1. The van der Waals surface area contributed by atoms with Gasteiger partial charge in [0.15, 0.2) is 5.84 Å². The average Bonchev–Trinajstić information content (AvgIpc) is 2.85. The van der Waals surface area contributed by atoms with E-state index < -0.39 is 0 Å². The molecule has 0 fully saturated rings. The summed E-state index contributed by atoms with van der Waals surface area (Å²) in [6, 6.07) is 5.56. The van der Waals surface area contributed by atoms with Gasteiger partial charge in [0.2, 0.25) is 0 Å². The molecule has 0 saturated carbocycles. The third-order valence-electron chi connectivity index (χ3n) is 3.02. The molecule has 106 valence electrons. The number of hydrogen-bond donors (Lipinski definition) is 2. The average molecular weight is 291 g/mol. The molecule has 0 unspecified atom stereocenters. The van der Waals surface area contributed by atoms with E-state index in [1.54, 1.807) is 17.4 Å². The first kappa shape index (κ1) is 14.3. The lowest BCUT2D eigenvalue weighted by Crippen LogP contribution is -2.16. The van der Waals surface area contributed by atoms with Crippen LogP contribution in [-0.2, 0) is 6.42 Å². The van der Waals surface area contributed by atoms with Crippen molar-refractivity contribution in [2.45, 2.75) is 20.3 Å². The van der Waals surface area contributed by atoms with E-state index in [9.17, 15) is 0 Å². The minimum atomic E-state index is 0.0534. The number of aryl methyl sites for hydroxylation is 2. The van der Waals surface area contributed by atoms with Gasteiger partial charge in [0, 0.05) is 11.3 Å². The molecule has 1 aromatic heterocycles. The molecule has 3 N–H and O–H groups in total. The number of amidine groups is 1. The molecule has 0 aliphatic rings. The quantitative estimate of drug-likeness (QED) is 0.384. The van der Waals surface area contributed by atoms with Gasteiger partial charge in [-0.25, -0.2) is 4.98 Å². The fourth-order valence-electron chi connectivity index (χ4n) is 1.91. The van der Waals surface area contributed by atoms with E-state index in [2.05, 4.69) is 10.1 Å². The Balaban J connectivity index is 2.11. The minimum absolute atomic E-state index is 0.0534. The Morgan fingerprint density at radius 3 is 2.90 bits per heavy atom. The van der Waals surface area contributed by atoms with E-state index in [4.69, 9.17) is 15.7 Å². The number of rotatable bonds is 5. The summed E-state index contributed by atoms with van der Waals surface area (Å²) < 4.78 is 5.83. The second-order valence-corrected chi connectivity index (χ2v) is 5.34. The largest absolute Gasteiger partial charge is 0.492 e. The van der Waals surface area contributed by atoms with Crippen molar-refractivity contribution in [2.24, 2.45) is 10.9 Å². The fourth-order valence-corrected chi connectivity index (χ4v) is 2.67. The molecule has 0 aliphatic carbocycles. The van der Waals surface area contributed by atoms with E-state index >= 15 is 0 Å². The number of nitrogens with zero attached hydrogens (tertiary/aromatic N) is 2. The lowest BCUT2D eigenvalue weighted by Gasteiger charge is -2.13. The summed E-state index contributed by atoms with van der Waals surface area (Å²) in [7, 11) is 0. The summed E-state index contributed by atoms with van der Waals surface area (Å²) in [6.45, 7) is 4.45. The monoisotopic (exact) mass is 291 g/mol. The third kappa shape index (κ3) is 3.08. The van der Waals surface area contributed by atoms with Crippen molar-refractivity contribution in [3.63, 3.8) is 0 Å². The minimum Gasteiger partial charge on any atom is -0.492 e. The summed E-state index contributed by atoms with van der Waals surface area (Å²) in [5.74, 6) is 0.711. The van der Waals surface area contributed by atoms with Crippen molar-refractivity contribution in [3.05, 3.63) is 45.4 Å². The van der Waals surface area contributed by atoms with Crippen molar-refractivity contribution in [3.8, 4) is 5.75 Å². The summed E-state index contributed by atoms with van der Waals surface area (Å²) in [5, 5.41) is 11.9. The van der Waals surface area contributed by atoms with Crippen LogP contribution < -0.4 is 10.5 Å². The van der Waals surface area contributed by atoms with Crippen molar-refractivity contribution in [1.29, 1.82) is 0 Å². The van der Waals surface area contributed by atoms with E-state index in [-0.39, 0.29) is 5.84 Å². The SMILES string of the molecule is Cc1cccc(/C(N)=N/O)c1OCCc1scnc1C. The fraction of sp³-hybridized carbons (Fsp3) is 0.286. The molecule has 0 saturated heterocycles. The van der Waals surface area contributed by atoms with Crippen LogP contribution in [0.4, 0.5) is 0 Å². The van der Waals surface area contributed by atoms with Gasteiger partial charge in [-0.2, -0.15) is 0 Å². The molecule has 2 aromatic rings. The van der Waals surface area contributed by atoms with Crippen molar-refractivity contribution in [1.82, 2.24) is 4.98 Å². The number of ether oxygens (including phenoxy) is 1. The standard InChI is InChI=1S/C14H17N3O2S/c1-9-4-3-5-11(14(15)17-18)13(9)19-7-6-12-10(2)16-8-20-12/h3-5,8,18H,6-7H2,1-2H3,(H2,15,17). The van der Waals surface area contributed by atoms with Crippen LogP contribution >= 0.6 is 11.3 Å². The highest BCUT2D eigenvalue weighted by Crippen LogP contribution is 2.24. The molecule has 6 heteroatoms. The van der Waals surface area contributed by atoms with Crippen LogP contribution in [0.15, 0.2) is 28.9 Å². The molecule has 0 amide bonds. The maximum atomic E-state index is 8.82. The number of aromatic nitrogens is 1. The molecule has 0 radical (unpaired) electrons. The van der Waals surface area contributed by atoms with Gasteiger partial charge in [-0.05, 0) is 25.5 Å². The molecule has 20 heavy (non-hydrogen) atoms. The van der Waals surface area contributed by atoms with Gasteiger partial charge in [-0.1, -0.05) is 17.3 Å². The summed E-state index contributed by atoms with van der Waals surface area (Å²) in [6.07, 6.45) is 0.792. The van der Waals surface area contributed by atoms with Gasteiger partial charge in [-0.3, -0.25) is 0 Å². The van der Waals surface area contributed by atoms with Crippen LogP contribution in [0.5, 0.6) is 5.75 Å². The number of oxime groups is 1. The second kappa shape index (κ2) is 6.38. The lowest BCUT2D eigenvalue weighted by atomic mass is 10.1. The maximum Gasteiger partial charge on any atom is 0.173 e. The van der Waals surface area contributed by atoms with E-state index in [1.807, 2.05) is 31.5 Å². The topological polar surface area (TPSA) is 80.7 Å². The van der Waals surface area contributed by atoms with Crippen LogP contribution in [-0.4, -0.2) is 22.6 Å². The van der Waals surface area contributed by atoms with E-state index in [0.29, 0.717) is 17.9 Å². The van der Waals surface area contributed by atoms with E-state index in [0.717, 1.165) is 17.7 Å². The first-order chi connectivity index (χ1) is 9.63. The Morgan fingerprint density at radius 2 is 2.25 bits per heavy atom. The van der Waals surface area contributed by atoms with Crippen LogP contribution in [0, 0.1) is 13.8 Å². The van der Waals surface area contributed by atoms with Crippen molar-refractivity contribution < 1.29 is 9.94 Å². The summed E-state index contributed by atoms with van der Waals surface area (Å²) >= 11 is 1.62. The molecule has 1 heterocycles. The Labute approximate surface area is 121 Å². The third-order valence-corrected chi connectivity index (χ3v) is 4.01. The zero-order valence-electron chi connectivity index (χ0n) is 11.5. The summed E-state index contributed by atoms with van der Waals surface area (Å²) in [4.78, 5) is 5.42. The predicted octanol–water partition coefficient (Wildman–Crippen LogP) is 2.48. The molecule has 0 spiro atoms.